The summed E-state index contributed by atoms with van der Waals surface area (Å²) in [7, 11) is 0. The summed E-state index contributed by atoms with van der Waals surface area (Å²) < 4.78 is 33.1. The van der Waals surface area contributed by atoms with Crippen molar-refractivity contribution < 1.29 is 18.3 Å². The van der Waals surface area contributed by atoms with Crippen LogP contribution in [-0.2, 0) is 11.4 Å². The highest BCUT2D eigenvalue weighted by Crippen LogP contribution is 2.51. The number of Topliss-reactive ketones (excluding diaryl/α,β-unsaturated/α-hetero) is 1. The van der Waals surface area contributed by atoms with Crippen molar-refractivity contribution in [2.24, 2.45) is 11.1 Å². The first-order valence-corrected chi connectivity index (χ1v) is 13.2. The lowest BCUT2D eigenvalue weighted by Crippen LogP contribution is -2.42. The Morgan fingerprint density at radius 2 is 1.65 bits per heavy atom. The molecule has 1 aliphatic carbocycles. The van der Waals surface area contributed by atoms with Gasteiger partial charge in [0.05, 0.1) is 17.6 Å². The van der Waals surface area contributed by atoms with Crippen LogP contribution in [0.25, 0.3) is 0 Å². The number of carbonyl (C=O) groups excluding carboxylic acids is 1. The van der Waals surface area contributed by atoms with Crippen molar-refractivity contribution in [1.82, 2.24) is 0 Å². The molecule has 0 bridgehead atoms. The van der Waals surface area contributed by atoms with E-state index < -0.39 is 5.92 Å². The molecule has 5 rings (SSSR count). The molecule has 2 aliphatic rings. The summed E-state index contributed by atoms with van der Waals surface area (Å²) in [5, 5.41) is 10.4. The first-order valence-electron chi connectivity index (χ1n) is 13.2. The van der Waals surface area contributed by atoms with Gasteiger partial charge in [0, 0.05) is 23.4 Å². The maximum absolute atomic E-state index is 13.9. The van der Waals surface area contributed by atoms with Crippen LogP contribution in [0.4, 0.5) is 14.5 Å². The Morgan fingerprint density at radius 3 is 2.27 bits per heavy atom. The molecule has 0 spiro atoms. The Kier molecular flexibility index (Phi) is 6.97. The van der Waals surface area contributed by atoms with Gasteiger partial charge in [-0.1, -0.05) is 31.5 Å². The lowest BCUT2D eigenvalue weighted by atomic mass is 9.68. The number of carbonyl (C=O) groups is 1. The van der Waals surface area contributed by atoms with Gasteiger partial charge in [-0.25, -0.2) is 8.78 Å². The lowest BCUT2D eigenvalue weighted by Gasteiger charge is -2.44. The van der Waals surface area contributed by atoms with E-state index in [2.05, 4.69) is 6.07 Å². The average Bonchev–Trinajstić information content (AvgIpc) is 2.89. The number of ketones is 1. The van der Waals surface area contributed by atoms with E-state index in [4.69, 9.17) is 10.5 Å². The largest absolute Gasteiger partial charge is 0.489 e. The van der Waals surface area contributed by atoms with Crippen molar-refractivity contribution >= 4 is 11.5 Å². The van der Waals surface area contributed by atoms with E-state index >= 15 is 0 Å². The normalized spacial score (nSPS) is 18.5. The number of nitriles is 1. The molecule has 0 saturated carbocycles. The minimum absolute atomic E-state index is 0.0337. The third kappa shape index (κ3) is 4.98. The summed E-state index contributed by atoms with van der Waals surface area (Å²) in [4.78, 5) is 15.6. The van der Waals surface area contributed by atoms with Gasteiger partial charge in [-0.2, -0.15) is 5.26 Å². The summed E-state index contributed by atoms with van der Waals surface area (Å²) in [6, 6.07) is 18.0. The number of hydrogen-bond acceptors (Lipinski definition) is 5. The van der Waals surface area contributed by atoms with Gasteiger partial charge in [-0.05, 0) is 90.9 Å². The van der Waals surface area contributed by atoms with Crippen molar-refractivity contribution in [1.29, 1.82) is 5.26 Å². The molecule has 7 heteroatoms. The van der Waals surface area contributed by atoms with Gasteiger partial charge in [0.1, 0.15) is 29.8 Å². The van der Waals surface area contributed by atoms with Crippen molar-refractivity contribution in [3.63, 3.8) is 0 Å². The molecule has 0 amide bonds. The quantitative estimate of drug-likeness (QED) is 0.374. The molecule has 3 aromatic carbocycles. The third-order valence-electron chi connectivity index (χ3n) is 7.68. The van der Waals surface area contributed by atoms with Crippen molar-refractivity contribution in [2.75, 3.05) is 4.90 Å². The number of benzene rings is 3. The van der Waals surface area contributed by atoms with Gasteiger partial charge in [0.2, 0.25) is 0 Å². The fraction of sp³-hybridized carbons (Fsp3) is 0.273. The second-order valence-corrected chi connectivity index (χ2v) is 11.3. The van der Waals surface area contributed by atoms with Crippen molar-refractivity contribution in [3.8, 4) is 11.8 Å². The molecular weight excluding hydrogens is 508 g/mol. The number of halogens is 2. The number of anilines is 1. The van der Waals surface area contributed by atoms with Crippen LogP contribution in [0.1, 0.15) is 54.9 Å². The van der Waals surface area contributed by atoms with Gasteiger partial charge in [-0.3, -0.25) is 9.69 Å². The highest BCUT2D eigenvalue weighted by Gasteiger charge is 2.45. The Labute approximate surface area is 233 Å². The molecule has 2 N–H and O–H groups in total. The number of allylic oxidation sites excluding steroid dienone is 3. The second kappa shape index (κ2) is 10.3. The SMILES string of the molecule is Cc1cc(COc2ccc(F)cc2)c(C)c(C2C(C#N)=C(N)N(c3ccc(F)cc3)C3=C2C(=O)CC(C)(C)C3)c1. The Bertz CT molecular complexity index is 1600. The molecule has 0 saturated heterocycles. The number of hydrogen-bond donors (Lipinski definition) is 1. The van der Waals surface area contributed by atoms with E-state index in [-0.39, 0.29) is 40.8 Å². The van der Waals surface area contributed by atoms with Crippen LogP contribution >= 0.6 is 0 Å². The van der Waals surface area contributed by atoms with Gasteiger partial charge in [0.15, 0.2) is 5.78 Å². The van der Waals surface area contributed by atoms with Gasteiger partial charge in [-0.15, -0.1) is 0 Å². The van der Waals surface area contributed by atoms with Crippen molar-refractivity contribution in [2.45, 2.75) is 53.1 Å². The zero-order valence-corrected chi connectivity index (χ0v) is 23.0. The molecule has 1 heterocycles. The van der Waals surface area contributed by atoms with Crippen LogP contribution in [0, 0.1) is 42.2 Å². The van der Waals surface area contributed by atoms with Crippen LogP contribution in [0.15, 0.2) is 83.3 Å². The third-order valence-corrected chi connectivity index (χ3v) is 7.68. The number of nitrogens with two attached hydrogens (primary N) is 1. The van der Waals surface area contributed by atoms with E-state index in [0.717, 1.165) is 28.0 Å². The molecule has 1 unspecified atom stereocenters. The van der Waals surface area contributed by atoms with Gasteiger partial charge in [0.25, 0.3) is 0 Å². The standard InChI is InChI=1S/C33H31F2N3O2/c1-19-13-21(18-40-25-11-7-23(35)8-12-25)20(2)26(14-19)30-27(17-36)32(37)38(24-9-5-22(34)6-10-24)28-15-33(3,4)16-29(39)31(28)30/h5-14,30H,15-16,18,37H2,1-4H3. The molecule has 5 nitrogen and oxygen atoms in total. The van der Waals surface area contributed by atoms with Crippen molar-refractivity contribution in [3.05, 3.63) is 117 Å². The first-order chi connectivity index (χ1) is 19.0. The Hall–Kier alpha value is -4.44. The Morgan fingerprint density at radius 1 is 1.02 bits per heavy atom. The highest BCUT2D eigenvalue weighted by atomic mass is 19.1. The fourth-order valence-electron chi connectivity index (χ4n) is 5.81. The Balaban J connectivity index is 1.66. The van der Waals surface area contributed by atoms with Gasteiger partial charge >= 0.3 is 0 Å². The monoisotopic (exact) mass is 539 g/mol. The summed E-state index contributed by atoms with van der Waals surface area (Å²) in [5.41, 5.74) is 12.1. The molecule has 0 fully saturated rings. The molecule has 204 valence electrons. The van der Waals surface area contributed by atoms with E-state index in [0.29, 0.717) is 29.9 Å². The fourth-order valence-corrected chi connectivity index (χ4v) is 5.81. The molecule has 1 aliphatic heterocycles. The topological polar surface area (TPSA) is 79.3 Å². The maximum Gasteiger partial charge on any atom is 0.162 e. The molecule has 0 aromatic heterocycles. The first kappa shape index (κ1) is 27.1. The molecule has 1 atom stereocenters. The number of aryl methyl sites for hydroxylation is 1. The average molecular weight is 540 g/mol. The molecule has 40 heavy (non-hydrogen) atoms. The predicted octanol–water partition coefficient (Wildman–Crippen LogP) is 7.10. The maximum atomic E-state index is 13.9. The van der Waals surface area contributed by atoms with Crippen LogP contribution < -0.4 is 15.4 Å². The number of ether oxygens (including phenoxy) is 1. The number of rotatable bonds is 5. The zero-order chi connectivity index (χ0) is 28.8. The summed E-state index contributed by atoms with van der Waals surface area (Å²) in [6.45, 7) is 8.21. The second-order valence-electron chi connectivity index (χ2n) is 11.3. The summed E-state index contributed by atoms with van der Waals surface area (Å²) >= 11 is 0. The van der Waals surface area contributed by atoms with E-state index in [9.17, 15) is 18.8 Å². The summed E-state index contributed by atoms with van der Waals surface area (Å²) in [6.07, 6.45) is 0.899. The van der Waals surface area contributed by atoms with Crippen LogP contribution in [0.5, 0.6) is 5.75 Å². The highest BCUT2D eigenvalue weighted by molar-refractivity contribution is 6.01. The van der Waals surface area contributed by atoms with Gasteiger partial charge < -0.3 is 10.5 Å². The van der Waals surface area contributed by atoms with Crippen LogP contribution in [-0.4, -0.2) is 5.78 Å². The number of nitrogens with zero attached hydrogens (tertiary/aromatic N) is 2. The van der Waals surface area contributed by atoms with E-state index in [1.54, 1.807) is 29.2 Å². The van der Waals surface area contributed by atoms with Crippen LogP contribution in [0.3, 0.4) is 0 Å². The molecule has 3 aromatic rings. The smallest absolute Gasteiger partial charge is 0.162 e. The van der Waals surface area contributed by atoms with E-state index in [1.165, 1.54) is 24.3 Å². The van der Waals surface area contributed by atoms with Crippen LogP contribution in [0.2, 0.25) is 0 Å². The predicted molar refractivity (Wildman–Crippen MR) is 150 cm³/mol. The van der Waals surface area contributed by atoms with E-state index in [1.807, 2.05) is 39.8 Å². The zero-order valence-electron chi connectivity index (χ0n) is 23.0. The minimum atomic E-state index is -0.648. The molecule has 0 radical (unpaired) electrons. The molecular formula is C33H31F2N3O2. The lowest BCUT2D eigenvalue weighted by molar-refractivity contribution is -0.118. The summed E-state index contributed by atoms with van der Waals surface area (Å²) in [5.74, 6) is -0.646. The minimum Gasteiger partial charge on any atom is -0.489 e.